The van der Waals surface area contributed by atoms with Crippen LogP contribution >= 0.6 is 11.6 Å². The van der Waals surface area contributed by atoms with E-state index in [1.807, 2.05) is 37.3 Å². The van der Waals surface area contributed by atoms with Crippen molar-refractivity contribution in [3.8, 4) is 11.4 Å². The molecular formula is C19H20ClN5O. The number of nitrogens with zero attached hydrogens (tertiary/aromatic N) is 3. The Morgan fingerprint density at radius 2 is 1.88 bits per heavy atom. The van der Waals surface area contributed by atoms with Gasteiger partial charge in [-0.2, -0.15) is 4.98 Å². The molecule has 0 bridgehead atoms. The quantitative estimate of drug-likeness (QED) is 0.727. The molecule has 0 amide bonds. The third-order valence-corrected chi connectivity index (χ3v) is 4.84. The summed E-state index contributed by atoms with van der Waals surface area (Å²) in [6.45, 7) is 5.39. The summed E-state index contributed by atoms with van der Waals surface area (Å²) in [7, 11) is 0. The maximum atomic E-state index is 6.19. The molecule has 0 atom stereocenters. The standard InChI is InChI=1S/C19H20ClN5O/c1-13-2-3-14(12-17(13)20)18-22-19(24-23-18)21-15-4-6-16(7-5-15)25-8-10-26-11-9-25/h2-7,12H,8-11H2,1H3,(H2,21,22,23,24). The van der Waals surface area contributed by atoms with E-state index < -0.39 is 0 Å². The number of H-pyrrole nitrogens is 1. The van der Waals surface area contributed by atoms with Gasteiger partial charge in [0.1, 0.15) is 0 Å². The van der Waals surface area contributed by atoms with E-state index in [0.29, 0.717) is 16.8 Å². The summed E-state index contributed by atoms with van der Waals surface area (Å²) in [5.74, 6) is 1.20. The largest absolute Gasteiger partial charge is 0.378 e. The number of halogens is 1. The lowest BCUT2D eigenvalue weighted by Gasteiger charge is -2.28. The van der Waals surface area contributed by atoms with Gasteiger partial charge in [0.2, 0.25) is 5.95 Å². The zero-order valence-corrected chi connectivity index (χ0v) is 15.3. The molecule has 0 spiro atoms. The second kappa shape index (κ2) is 7.35. The predicted molar refractivity (Wildman–Crippen MR) is 104 cm³/mol. The van der Waals surface area contributed by atoms with E-state index in [1.54, 1.807) is 0 Å². The lowest BCUT2D eigenvalue weighted by molar-refractivity contribution is 0.122. The molecule has 2 N–H and O–H groups in total. The molecule has 1 aliphatic heterocycles. The molecule has 1 aromatic heterocycles. The van der Waals surface area contributed by atoms with Gasteiger partial charge >= 0.3 is 0 Å². The number of aromatic amines is 1. The molecule has 2 heterocycles. The van der Waals surface area contributed by atoms with Crippen LogP contribution < -0.4 is 10.2 Å². The van der Waals surface area contributed by atoms with E-state index in [4.69, 9.17) is 16.3 Å². The lowest BCUT2D eigenvalue weighted by atomic mass is 10.1. The number of anilines is 3. The Bertz CT molecular complexity index is 887. The summed E-state index contributed by atoms with van der Waals surface area (Å²) in [4.78, 5) is 6.81. The Morgan fingerprint density at radius 1 is 1.12 bits per heavy atom. The first-order valence-electron chi connectivity index (χ1n) is 8.58. The second-order valence-electron chi connectivity index (χ2n) is 6.24. The zero-order chi connectivity index (χ0) is 17.9. The van der Waals surface area contributed by atoms with Crippen LogP contribution in [0.5, 0.6) is 0 Å². The summed E-state index contributed by atoms with van der Waals surface area (Å²) in [6, 6.07) is 14.1. The molecule has 1 fully saturated rings. The molecule has 2 aromatic carbocycles. The lowest BCUT2D eigenvalue weighted by Crippen LogP contribution is -2.36. The van der Waals surface area contributed by atoms with E-state index in [9.17, 15) is 0 Å². The number of aromatic nitrogens is 3. The molecule has 7 heteroatoms. The molecule has 0 aliphatic carbocycles. The number of nitrogens with one attached hydrogen (secondary N) is 2. The zero-order valence-electron chi connectivity index (χ0n) is 14.5. The molecule has 26 heavy (non-hydrogen) atoms. The first-order valence-corrected chi connectivity index (χ1v) is 8.95. The summed E-state index contributed by atoms with van der Waals surface area (Å²) in [5.41, 5.74) is 4.08. The maximum Gasteiger partial charge on any atom is 0.246 e. The van der Waals surface area contributed by atoms with Gasteiger partial charge in [-0.25, -0.2) is 0 Å². The minimum Gasteiger partial charge on any atom is -0.378 e. The second-order valence-corrected chi connectivity index (χ2v) is 6.65. The number of morpholine rings is 1. The van der Waals surface area contributed by atoms with Crippen molar-refractivity contribution >= 4 is 28.9 Å². The molecule has 134 valence electrons. The van der Waals surface area contributed by atoms with Crippen molar-refractivity contribution in [2.24, 2.45) is 0 Å². The van der Waals surface area contributed by atoms with Crippen LogP contribution in [-0.4, -0.2) is 41.5 Å². The maximum absolute atomic E-state index is 6.19. The smallest absolute Gasteiger partial charge is 0.246 e. The van der Waals surface area contributed by atoms with Crippen molar-refractivity contribution in [2.45, 2.75) is 6.92 Å². The summed E-state index contributed by atoms with van der Waals surface area (Å²) < 4.78 is 5.39. The molecular weight excluding hydrogens is 350 g/mol. The fourth-order valence-electron chi connectivity index (χ4n) is 2.89. The van der Waals surface area contributed by atoms with Crippen molar-refractivity contribution in [1.29, 1.82) is 0 Å². The van der Waals surface area contributed by atoms with Crippen LogP contribution in [0.15, 0.2) is 42.5 Å². The van der Waals surface area contributed by atoms with Crippen LogP contribution in [0.4, 0.5) is 17.3 Å². The van der Waals surface area contributed by atoms with E-state index >= 15 is 0 Å². The van der Waals surface area contributed by atoms with Gasteiger partial charge in [-0.3, -0.25) is 5.10 Å². The highest BCUT2D eigenvalue weighted by Crippen LogP contribution is 2.25. The fraction of sp³-hybridized carbons (Fsp3) is 0.263. The summed E-state index contributed by atoms with van der Waals surface area (Å²) >= 11 is 6.19. The molecule has 3 aromatic rings. The Morgan fingerprint density at radius 3 is 2.62 bits per heavy atom. The number of benzene rings is 2. The van der Waals surface area contributed by atoms with Crippen LogP contribution in [0.1, 0.15) is 5.56 Å². The van der Waals surface area contributed by atoms with Crippen molar-refractivity contribution in [3.05, 3.63) is 53.1 Å². The number of hydrogen-bond acceptors (Lipinski definition) is 5. The first kappa shape index (κ1) is 16.9. The average molecular weight is 370 g/mol. The van der Waals surface area contributed by atoms with Gasteiger partial charge in [0.05, 0.1) is 13.2 Å². The van der Waals surface area contributed by atoms with Gasteiger partial charge in [-0.05, 0) is 42.8 Å². The first-order chi connectivity index (χ1) is 12.7. The Balaban J connectivity index is 1.46. The summed E-state index contributed by atoms with van der Waals surface area (Å²) in [6.07, 6.45) is 0. The highest BCUT2D eigenvalue weighted by Gasteiger charge is 2.11. The van der Waals surface area contributed by atoms with Crippen LogP contribution in [-0.2, 0) is 4.74 Å². The van der Waals surface area contributed by atoms with Gasteiger partial charge in [0.15, 0.2) is 5.82 Å². The molecule has 4 rings (SSSR count). The van der Waals surface area contributed by atoms with Gasteiger partial charge in [0, 0.05) is 35.1 Å². The molecule has 1 aliphatic rings. The number of aryl methyl sites for hydroxylation is 1. The number of hydrogen-bond donors (Lipinski definition) is 2. The highest BCUT2D eigenvalue weighted by atomic mass is 35.5. The van der Waals surface area contributed by atoms with Crippen molar-refractivity contribution in [2.75, 3.05) is 36.5 Å². The molecule has 0 radical (unpaired) electrons. The Hall–Kier alpha value is -2.57. The topological polar surface area (TPSA) is 66.1 Å². The Labute approximate surface area is 157 Å². The monoisotopic (exact) mass is 369 g/mol. The van der Waals surface area contributed by atoms with Crippen molar-refractivity contribution in [3.63, 3.8) is 0 Å². The fourth-order valence-corrected chi connectivity index (χ4v) is 3.07. The average Bonchev–Trinajstić information content (AvgIpc) is 3.14. The molecule has 6 nitrogen and oxygen atoms in total. The Kier molecular flexibility index (Phi) is 4.77. The minimum atomic E-state index is 0.524. The van der Waals surface area contributed by atoms with E-state index in [1.165, 1.54) is 5.69 Å². The third-order valence-electron chi connectivity index (χ3n) is 4.43. The molecule has 1 saturated heterocycles. The molecule has 0 unspecified atom stereocenters. The SMILES string of the molecule is Cc1ccc(-c2nc(Nc3ccc(N4CCOCC4)cc3)n[nH]2)cc1Cl. The number of rotatable bonds is 4. The van der Waals surface area contributed by atoms with Crippen LogP contribution in [0.25, 0.3) is 11.4 Å². The normalized spacial score (nSPS) is 14.5. The number of ether oxygens (including phenoxy) is 1. The summed E-state index contributed by atoms with van der Waals surface area (Å²) in [5, 5.41) is 11.1. The highest BCUT2D eigenvalue weighted by molar-refractivity contribution is 6.31. The van der Waals surface area contributed by atoms with Gasteiger partial charge < -0.3 is 15.0 Å². The van der Waals surface area contributed by atoms with E-state index in [0.717, 1.165) is 43.1 Å². The van der Waals surface area contributed by atoms with Crippen molar-refractivity contribution in [1.82, 2.24) is 15.2 Å². The molecule has 0 saturated carbocycles. The van der Waals surface area contributed by atoms with Gasteiger partial charge in [0.25, 0.3) is 0 Å². The predicted octanol–water partition coefficient (Wildman–Crippen LogP) is 4.01. The van der Waals surface area contributed by atoms with Crippen LogP contribution in [0, 0.1) is 6.92 Å². The van der Waals surface area contributed by atoms with Gasteiger partial charge in [-0.1, -0.05) is 23.7 Å². The van der Waals surface area contributed by atoms with E-state index in [2.05, 4.69) is 37.5 Å². The minimum absolute atomic E-state index is 0.524. The van der Waals surface area contributed by atoms with Crippen molar-refractivity contribution < 1.29 is 4.74 Å². The van der Waals surface area contributed by atoms with E-state index in [-0.39, 0.29) is 0 Å². The van der Waals surface area contributed by atoms with Gasteiger partial charge in [-0.15, -0.1) is 5.10 Å². The van der Waals surface area contributed by atoms with Crippen LogP contribution in [0.2, 0.25) is 5.02 Å². The third kappa shape index (κ3) is 3.66. The van der Waals surface area contributed by atoms with Crippen LogP contribution in [0.3, 0.4) is 0 Å².